The van der Waals surface area contributed by atoms with Crippen LogP contribution >= 0.6 is 0 Å². The highest BCUT2D eigenvalue weighted by atomic mass is 19.2. The highest BCUT2D eigenvalue weighted by molar-refractivity contribution is 5.90. The molecule has 33 heavy (non-hydrogen) atoms. The second kappa shape index (κ2) is 8.17. The third kappa shape index (κ3) is 3.44. The fourth-order valence-electron chi connectivity index (χ4n) is 4.67. The molecule has 1 aliphatic heterocycles. The van der Waals surface area contributed by atoms with Crippen LogP contribution in [0.5, 0.6) is 11.5 Å². The number of fused-ring (bicyclic) bond motifs is 1. The molecule has 1 aliphatic rings. The molecule has 0 N–H and O–H groups in total. The zero-order chi connectivity index (χ0) is 24.2. The van der Waals surface area contributed by atoms with Crippen molar-refractivity contribution in [1.29, 1.82) is 0 Å². The Kier molecular flexibility index (Phi) is 5.64. The molecule has 0 saturated carbocycles. The van der Waals surface area contributed by atoms with Crippen LogP contribution in [-0.2, 0) is 0 Å². The minimum atomic E-state index is -1.84. The van der Waals surface area contributed by atoms with Gasteiger partial charge in [-0.05, 0) is 74.2 Å². The van der Waals surface area contributed by atoms with E-state index in [4.69, 9.17) is 9.47 Å². The molecule has 0 bridgehead atoms. The molecule has 0 unspecified atom stereocenters. The summed E-state index contributed by atoms with van der Waals surface area (Å²) >= 11 is 0. The first kappa shape index (κ1) is 22.8. The molecular formula is C25H24F4N2O2. The van der Waals surface area contributed by atoms with Gasteiger partial charge in [-0.1, -0.05) is 0 Å². The van der Waals surface area contributed by atoms with Gasteiger partial charge in [-0.15, -0.1) is 0 Å². The van der Waals surface area contributed by atoms with Crippen LogP contribution in [0.15, 0.2) is 24.3 Å². The molecule has 0 aliphatic carbocycles. The van der Waals surface area contributed by atoms with Gasteiger partial charge in [0.2, 0.25) is 0 Å². The summed E-state index contributed by atoms with van der Waals surface area (Å²) in [6.07, 6.45) is 0. The van der Waals surface area contributed by atoms with Crippen molar-refractivity contribution >= 4 is 22.7 Å². The Bertz CT molecular complexity index is 1130. The topological polar surface area (TPSA) is 24.9 Å². The predicted molar refractivity (Wildman–Crippen MR) is 120 cm³/mol. The number of hydrogen-bond donors (Lipinski definition) is 0. The maximum atomic E-state index is 15.2. The van der Waals surface area contributed by atoms with Crippen molar-refractivity contribution in [2.45, 2.75) is 27.7 Å². The largest absolute Gasteiger partial charge is 0.497 e. The van der Waals surface area contributed by atoms with Gasteiger partial charge in [0.25, 0.3) is 0 Å². The van der Waals surface area contributed by atoms with E-state index in [1.807, 2.05) is 0 Å². The van der Waals surface area contributed by atoms with Gasteiger partial charge in [0, 0.05) is 11.4 Å². The Labute approximate surface area is 190 Å². The second-order valence-electron chi connectivity index (χ2n) is 8.17. The number of halogens is 4. The van der Waals surface area contributed by atoms with Crippen molar-refractivity contribution in [3.63, 3.8) is 0 Å². The first-order valence-corrected chi connectivity index (χ1v) is 10.3. The lowest BCUT2D eigenvalue weighted by molar-refractivity contribution is 0.412. The van der Waals surface area contributed by atoms with Crippen molar-refractivity contribution < 1.29 is 27.0 Å². The molecule has 3 aromatic rings. The van der Waals surface area contributed by atoms with Crippen LogP contribution in [0.4, 0.5) is 40.3 Å². The molecule has 4 nitrogen and oxygen atoms in total. The maximum absolute atomic E-state index is 15.2. The molecule has 174 valence electrons. The average molecular weight is 460 g/mol. The van der Waals surface area contributed by atoms with E-state index in [2.05, 4.69) is 0 Å². The van der Waals surface area contributed by atoms with E-state index in [0.717, 1.165) is 0 Å². The van der Waals surface area contributed by atoms with Gasteiger partial charge < -0.3 is 19.3 Å². The highest BCUT2D eigenvalue weighted by Gasteiger charge is 2.40. The summed E-state index contributed by atoms with van der Waals surface area (Å²) in [5.74, 6) is -5.36. The number of methoxy groups -OCH3 is 2. The lowest BCUT2D eigenvalue weighted by atomic mass is 10.1. The molecule has 0 amide bonds. The summed E-state index contributed by atoms with van der Waals surface area (Å²) in [6.45, 7) is 7.14. The third-order valence-corrected chi connectivity index (χ3v) is 5.98. The average Bonchev–Trinajstić information content (AvgIpc) is 3.14. The molecular weight excluding hydrogens is 436 g/mol. The fraction of sp³-hybridized carbons (Fsp3) is 0.280. The molecule has 1 heterocycles. The van der Waals surface area contributed by atoms with Crippen molar-refractivity contribution in [1.82, 2.24) is 0 Å². The lowest BCUT2D eigenvalue weighted by Crippen LogP contribution is -2.26. The lowest BCUT2D eigenvalue weighted by Gasteiger charge is -2.27. The summed E-state index contributed by atoms with van der Waals surface area (Å²) < 4.78 is 69.7. The van der Waals surface area contributed by atoms with Crippen molar-refractivity contribution in [2.75, 3.05) is 30.7 Å². The summed E-state index contributed by atoms with van der Waals surface area (Å²) in [6, 6.07) is 7.01. The van der Waals surface area contributed by atoms with Crippen LogP contribution < -0.4 is 19.3 Å². The van der Waals surface area contributed by atoms with Gasteiger partial charge in [-0.3, -0.25) is 0 Å². The predicted octanol–water partition coefficient (Wildman–Crippen LogP) is 6.74. The molecule has 0 spiro atoms. The Morgan fingerprint density at radius 1 is 0.545 bits per heavy atom. The van der Waals surface area contributed by atoms with Crippen molar-refractivity contribution in [2.24, 2.45) is 0 Å². The van der Waals surface area contributed by atoms with E-state index in [0.29, 0.717) is 45.1 Å². The molecule has 8 heteroatoms. The molecule has 0 atom stereocenters. The molecule has 4 rings (SSSR count). The Morgan fingerprint density at radius 3 is 1.12 bits per heavy atom. The monoisotopic (exact) mass is 460 g/mol. The van der Waals surface area contributed by atoms with E-state index < -0.39 is 23.3 Å². The molecule has 0 saturated heterocycles. The van der Waals surface area contributed by atoms with Crippen molar-refractivity contribution in [3.05, 3.63) is 69.8 Å². The standard InChI is InChI=1S/C25H24F4N2O2/c1-12-7-16(32-5)8-13(2)22(12)30-11-31(23-14(3)9-17(33-6)10-15(23)4)25-21(29)19(27)18(26)20(28)24(25)30/h7-10H,11H2,1-6H3. The number of aryl methyl sites for hydroxylation is 4. The Hall–Kier alpha value is -3.42. The SMILES string of the molecule is COc1cc(C)c(N2CN(c3c(C)cc(OC)cc3C)c3c(F)c(F)c(F)c(F)c32)c(C)c1. The fourth-order valence-corrected chi connectivity index (χ4v) is 4.67. The second-order valence-corrected chi connectivity index (χ2v) is 8.17. The first-order valence-electron chi connectivity index (χ1n) is 10.3. The maximum Gasteiger partial charge on any atom is 0.199 e. The number of hydrogen-bond acceptors (Lipinski definition) is 4. The number of nitrogens with zero attached hydrogens (tertiary/aromatic N) is 2. The number of anilines is 4. The van der Waals surface area contributed by atoms with Gasteiger partial charge in [-0.25, -0.2) is 17.6 Å². The molecule has 0 radical (unpaired) electrons. The summed E-state index contributed by atoms with van der Waals surface area (Å²) in [5, 5.41) is 0. The van der Waals surface area contributed by atoms with Crippen LogP contribution in [0.1, 0.15) is 22.3 Å². The Balaban J connectivity index is 2.02. The van der Waals surface area contributed by atoms with Gasteiger partial charge >= 0.3 is 0 Å². The number of ether oxygens (including phenoxy) is 2. The molecule has 0 aromatic heterocycles. The van der Waals surface area contributed by atoms with E-state index in [-0.39, 0.29) is 18.0 Å². The van der Waals surface area contributed by atoms with Crippen LogP contribution in [0.3, 0.4) is 0 Å². The zero-order valence-electron chi connectivity index (χ0n) is 19.2. The van der Waals surface area contributed by atoms with E-state index in [9.17, 15) is 8.78 Å². The summed E-state index contributed by atoms with van der Waals surface area (Å²) in [4.78, 5) is 2.95. The van der Waals surface area contributed by atoms with Gasteiger partial charge in [0.1, 0.15) is 29.5 Å². The van der Waals surface area contributed by atoms with Crippen LogP contribution in [0.2, 0.25) is 0 Å². The van der Waals surface area contributed by atoms with Gasteiger partial charge in [-0.2, -0.15) is 0 Å². The van der Waals surface area contributed by atoms with E-state index >= 15 is 8.78 Å². The van der Waals surface area contributed by atoms with Crippen LogP contribution in [0, 0.1) is 51.0 Å². The first-order chi connectivity index (χ1) is 15.6. The third-order valence-electron chi connectivity index (χ3n) is 5.98. The molecule has 3 aromatic carbocycles. The van der Waals surface area contributed by atoms with Crippen molar-refractivity contribution in [3.8, 4) is 11.5 Å². The van der Waals surface area contributed by atoms with Gasteiger partial charge in [0.05, 0.1) is 14.2 Å². The molecule has 0 fully saturated rings. The number of benzene rings is 3. The summed E-state index contributed by atoms with van der Waals surface area (Å²) in [7, 11) is 3.06. The summed E-state index contributed by atoms with van der Waals surface area (Å²) in [5.41, 5.74) is 3.29. The minimum absolute atomic E-state index is 0.0475. The number of rotatable bonds is 4. The Morgan fingerprint density at radius 2 is 0.848 bits per heavy atom. The quantitative estimate of drug-likeness (QED) is 0.245. The van der Waals surface area contributed by atoms with Gasteiger partial charge in [0.15, 0.2) is 23.3 Å². The zero-order valence-corrected chi connectivity index (χ0v) is 19.2. The van der Waals surface area contributed by atoms with Crippen LogP contribution in [0.25, 0.3) is 0 Å². The normalized spacial score (nSPS) is 12.9. The minimum Gasteiger partial charge on any atom is -0.497 e. The van der Waals surface area contributed by atoms with Crippen LogP contribution in [-0.4, -0.2) is 20.9 Å². The van der Waals surface area contributed by atoms with E-state index in [1.54, 1.807) is 52.0 Å². The smallest absolute Gasteiger partial charge is 0.199 e. The highest BCUT2D eigenvalue weighted by Crippen LogP contribution is 2.51. The van der Waals surface area contributed by atoms with E-state index in [1.165, 1.54) is 24.0 Å².